The predicted octanol–water partition coefficient (Wildman–Crippen LogP) is 1.19. The molecule has 2 saturated heterocycles. The predicted molar refractivity (Wildman–Crippen MR) is 95.6 cm³/mol. The Morgan fingerprint density at radius 2 is 1.73 bits per heavy atom. The summed E-state index contributed by atoms with van der Waals surface area (Å²) in [7, 11) is 0. The first-order valence-electron chi connectivity index (χ1n) is 9.67. The van der Waals surface area contributed by atoms with Gasteiger partial charge in [-0.1, -0.05) is 6.42 Å². The van der Waals surface area contributed by atoms with E-state index in [9.17, 15) is 14.4 Å². The lowest BCUT2D eigenvalue weighted by Crippen LogP contribution is -2.39. The van der Waals surface area contributed by atoms with Crippen LogP contribution >= 0.6 is 0 Å². The third-order valence-corrected chi connectivity index (χ3v) is 6.30. The van der Waals surface area contributed by atoms with Gasteiger partial charge in [0.15, 0.2) is 5.69 Å². The van der Waals surface area contributed by atoms with Gasteiger partial charge in [-0.2, -0.15) is 5.10 Å². The number of carbonyl (C=O) groups is 2. The highest BCUT2D eigenvalue weighted by Crippen LogP contribution is 2.35. The molecule has 3 heterocycles. The molecule has 0 bridgehead atoms. The largest absolute Gasteiger partial charge is 0.342 e. The number of fused-ring (bicyclic) bond motifs is 1. The van der Waals surface area contributed by atoms with Crippen LogP contribution in [0.1, 0.15) is 48.3 Å². The topological polar surface area (TPSA) is 86.4 Å². The van der Waals surface area contributed by atoms with Crippen LogP contribution in [0.4, 0.5) is 0 Å². The molecule has 140 valence electrons. The van der Waals surface area contributed by atoms with Crippen LogP contribution in [0.15, 0.2) is 10.9 Å². The quantitative estimate of drug-likeness (QED) is 0.860. The molecule has 3 fully saturated rings. The molecule has 0 radical (unpaired) electrons. The minimum atomic E-state index is -0.326. The Labute approximate surface area is 152 Å². The van der Waals surface area contributed by atoms with E-state index in [1.807, 2.05) is 0 Å². The summed E-state index contributed by atoms with van der Waals surface area (Å²) in [6.07, 6.45) is 5.04. The summed E-state index contributed by atoms with van der Waals surface area (Å²) in [5.41, 5.74) is 0.297. The number of nitrogens with one attached hydrogen (secondary N) is 1. The number of aryl methyl sites for hydroxylation is 1. The smallest absolute Gasteiger partial charge is 0.278 e. The molecule has 0 aromatic carbocycles. The molecule has 1 N–H and O–H groups in total. The number of rotatable bonds is 2. The second kappa shape index (κ2) is 6.85. The summed E-state index contributed by atoms with van der Waals surface area (Å²) < 4.78 is 0. The molecule has 26 heavy (non-hydrogen) atoms. The fourth-order valence-corrected chi connectivity index (χ4v) is 4.44. The molecule has 7 nitrogen and oxygen atoms in total. The lowest BCUT2D eigenvalue weighted by Gasteiger charge is -2.29. The van der Waals surface area contributed by atoms with Crippen molar-refractivity contribution in [2.75, 3.05) is 26.2 Å². The maximum Gasteiger partial charge on any atom is 0.278 e. The molecule has 1 aromatic heterocycles. The van der Waals surface area contributed by atoms with Crippen molar-refractivity contribution in [3.63, 3.8) is 0 Å². The molecule has 7 heteroatoms. The number of H-pyrrole nitrogens is 1. The van der Waals surface area contributed by atoms with Crippen molar-refractivity contribution in [1.29, 1.82) is 0 Å². The number of nitrogens with zero attached hydrogens (tertiary/aromatic N) is 3. The maximum absolute atomic E-state index is 12.7. The summed E-state index contributed by atoms with van der Waals surface area (Å²) in [6, 6.07) is 1.41. The van der Waals surface area contributed by atoms with Gasteiger partial charge in [0.1, 0.15) is 0 Å². The number of aromatic nitrogens is 2. The van der Waals surface area contributed by atoms with Gasteiger partial charge in [-0.3, -0.25) is 19.5 Å². The Kier molecular flexibility index (Phi) is 4.54. The number of aromatic amines is 1. The first-order valence-corrected chi connectivity index (χ1v) is 9.67. The van der Waals surface area contributed by atoms with E-state index >= 15 is 0 Å². The van der Waals surface area contributed by atoms with E-state index in [1.165, 1.54) is 12.5 Å². The van der Waals surface area contributed by atoms with Crippen LogP contribution in [0.5, 0.6) is 0 Å². The number of likely N-dealkylation sites (tertiary alicyclic amines) is 2. The second-order valence-corrected chi connectivity index (χ2v) is 8.02. The van der Waals surface area contributed by atoms with E-state index in [4.69, 9.17) is 0 Å². The average molecular weight is 358 g/mol. The molecule has 4 rings (SSSR count). The SMILES string of the molecule is Cc1cc(=O)c(C(=O)N2CC[C@@H]3CN(C(=O)C4CCC4)C[C@@H]3CC2)n[nH]1. The van der Waals surface area contributed by atoms with Crippen LogP contribution in [-0.2, 0) is 4.79 Å². The van der Waals surface area contributed by atoms with Gasteiger partial charge in [-0.25, -0.2) is 0 Å². The zero-order chi connectivity index (χ0) is 18.3. The molecule has 3 aliphatic rings. The van der Waals surface area contributed by atoms with Crippen LogP contribution in [0.2, 0.25) is 0 Å². The lowest BCUT2D eigenvalue weighted by atomic mass is 9.84. The fourth-order valence-electron chi connectivity index (χ4n) is 4.44. The highest BCUT2D eigenvalue weighted by Gasteiger charge is 2.40. The Balaban J connectivity index is 1.39. The third-order valence-electron chi connectivity index (χ3n) is 6.30. The monoisotopic (exact) mass is 358 g/mol. The molecule has 2 aliphatic heterocycles. The number of carbonyl (C=O) groups excluding carboxylic acids is 2. The Bertz CT molecular complexity index is 754. The minimum Gasteiger partial charge on any atom is -0.342 e. The van der Waals surface area contributed by atoms with E-state index in [-0.39, 0.29) is 22.9 Å². The maximum atomic E-state index is 12.7. The van der Waals surface area contributed by atoms with Crippen molar-refractivity contribution in [2.24, 2.45) is 17.8 Å². The van der Waals surface area contributed by atoms with Crippen molar-refractivity contribution in [2.45, 2.75) is 39.0 Å². The Morgan fingerprint density at radius 1 is 1.08 bits per heavy atom. The van der Waals surface area contributed by atoms with Gasteiger partial charge < -0.3 is 9.80 Å². The van der Waals surface area contributed by atoms with Crippen molar-refractivity contribution < 1.29 is 9.59 Å². The zero-order valence-electron chi connectivity index (χ0n) is 15.2. The van der Waals surface area contributed by atoms with Crippen molar-refractivity contribution >= 4 is 11.8 Å². The summed E-state index contributed by atoms with van der Waals surface area (Å²) in [5.74, 6) is 1.23. The van der Waals surface area contributed by atoms with Gasteiger partial charge in [0.05, 0.1) is 0 Å². The van der Waals surface area contributed by atoms with Gasteiger partial charge in [0.2, 0.25) is 11.3 Å². The molecule has 2 amide bonds. The normalized spacial score (nSPS) is 26.2. The molecule has 0 unspecified atom stereocenters. The Hall–Kier alpha value is -2.18. The third kappa shape index (κ3) is 3.15. The average Bonchev–Trinajstić information content (AvgIpc) is 2.86. The first kappa shape index (κ1) is 17.2. The van der Waals surface area contributed by atoms with Crippen molar-refractivity contribution in [3.05, 3.63) is 27.7 Å². The van der Waals surface area contributed by atoms with Crippen molar-refractivity contribution in [3.8, 4) is 0 Å². The van der Waals surface area contributed by atoms with Gasteiger partial charge in [0.25, 0.3) is 5.91 Å². The van der Waals surface area contributed by atoms with E-state index in [1.54, 1.807) is 11.8 Å². The highest BCUT2D eigenvalue weighted by atomic mass is 16.2. The number of hydrogen-bond acceptors (Lipinski definition) is 4. The molecule has 1 saturated carbocycles. The van der Waals surface area contributed by atoms with Crippen molar-refractivity contribution in [1.82, 2.24) is 20.0 Å². The van der Waals surface area contributed by atoms with Gasteiger partial charge >= 0.3 is 0 Å². The fraction of sp³-hybridized carbons (Fsp3) is 0.684. The summed E-state index contributed by atoms with van der Waals surface area (Å²) >= 11 is 0. The lowest BCUT2D eigenvalue weighted by molar-refractivity contribution is -0.137. The molecule has 2 atom stereocenters. The van der Waals surface area contributed by atoms with E-state index in [0.717, 1.165) is 38.8 Å². The van der Waals surface area contributed by atoms with Gasteiger partial charge in [-0.05, 0) is 44.4 Å². The number of amides is 2. The molecular formula is C19H26N4O3. The number of hydrogen-bond donors (Lipinski definition) is 1. The zero-order valence-corrected chi connectivity index (χ0v) is 15.2. The second-order valence-electron chi connectivity index (χ2n) is 8.02. The van der Waals surface area contributed by atoms with Crippen LogP contribution in [-0.4, -0.2) is 58.0 Å². The first-order chi connectivity index (χ1) is 12.5. The van der Waals surface area contributed by atoms with Crippen LogP contribution in [0, 0.1) is 24.7 Å². The minimum absolute atomic E-state index is 0.0237. The standard InChI is InChI=1S/C19H26N4O3/c1-12-9-16(24)17(21-20-12)19(26)22-7-5-14-10-23(11-15(14)6-8-22)18(25)13-3-2-4-13/h9,13-15H,2-8,10-11H2,1H3,(H,20,24)/t14-,15+. The van der Waals surface area contributed by atoms with Gasteiger partial charge in [0, 0.05) is 43.9 Å². The summed E-state index contributed by atoms with van der Waals surface area (Å²) in [5, 5.41) is 6.66. The Morgan fingerprint density at radius 3 is 2.27 bits per heavy atom. The van der Waals surface area contributed by atoms with E-state index < -0.39 is 0 Å². The summed E-state index contributed by atoms with van der Waals surface area (Å²) in [4.78, 5) is 41.0. The highest BCUT2D eigenvalue weighted by molar-refractivity contribution is 5.92. The molecule has 1 aromatic rings. The summed E-state index contributed by atoms with van der Waals surface area (Å²) in [6.45, 7) is 4.64. The van der Waals surface area contributed by atoms with E-state index in [2.05, 4.69) is 15.1 Å². The van der Waals surface area contributed by atoms with Crippen LogP contribution in [0.3, 0.4) is 0 Å². The molecular weight excluding hydrogens is 332 g/mol. The molecule has 0 spiro atoms. The molecule has 1 aliphatic carbocycles. The van der Waals surface area contributed by atoms with E-state index in [0.29, 0.717) is 36.5 Å². The van der Waals surface area contributed by atoms with Gasteiger partial charge in [-0.15, -0.1) is 0 Å². The van der Waals surface area contributed by atoms with Crippen LogP contribution in [0.25, 0.3) is 0 Å². The van der Waals surface area contributed by atoms with Crippen LogP contribution < -0.4 is 5.43 Å².